The summed E-state index contributed by atoms with van der Waals surface area (Å²) in [6, 6.07) is 2.89. The molecule has 0 heterocycles. The molecular formula is C10H5F4N3. The lowest BCUT2D eigenvalue weighted by atomic mass is 10.1. The van der Waals surface area contributed by atoms with E-state index in [1.807, 2.05) is 0 Å². The number of halogens is 4. The van der Waals surface area contributed by atoms with Gasteiger partial charge in [0.15, 0.2) is 0 Å². The minimum atomic E-state index is -4.81. The van der Waals surface area contributed by atoms with Crippen LogP contribution in [0.15, 0.2) is 23.3 Å². The van der Waals surface area contributed by atoms with E-state index in [1.165, 1.54) is 0 Å². The van der Waals surface area contributed by atoms with Gasteiger partial charge in [0.1, 0.15) is 11.4 Å². The molecule has 0 fully saturated rings. The van der Waals surface area contributed by atoms with Crippen LogP contribution in [-0.2, 0) is 6.18 Å². The van der Waals surface area contributed by atoms with Gasteiger partial charge in [-0.25, -0.2) is 4.39 Å². The first-order valence-corrected chi connectivity index (χ1v) is 4.32. The summed E-state index contributed by atoms with van der Waals surface area (Å²) in [6.45, 7) is -0.274. The van der Waals surface area contributed by atoms with Gasteiger partial charge in [-0.1, -0.05) is 23.0 Å². The lowest BCUT2D eigenvalue weighted by molar-refractivity contribution is -0.140. The van der Waals surface area contributed by atoms with Gasteiger partial charge in [0.25, 0.3) is 0 Å². The standard InChI is InChI=1S/C10H5F4N3/c11-8-5-1-3-7(4-2-6-16-17-15)9(8)10(12,13)14/h1,3,5H,6H2. The first-order chi connectivity index (χ1) is 7.96. The van der Waals surface area contributed by atoms with E-state index in [0.717, 1.165) is 12.1 Å². The molecule has 0 aromatic heterocycles. The lowest BCUT2D eigenvalue weighted by Crippen LogP contribution is -2.10. The molecule has 0 aliphatic carbocycles. The summed E-state index contributed by atoms with van der Waals surface area (Å²) in [6.07, 6.45) is -4.81. The molecule has 0 aliphatic heterocycles. The second-order valence-corrected chi connectivity index (χ2v) is 2.85. The molecule has 0 aliphatic rings. The van der Waals surface area contributed by atoms with Crippen LogP contribution in [-0.4, -0.2) is 6.54 Å². The third-order valence-corrected chi connectivity index (χ3v) is 1.73. The molecule has 0 bridgehead atoms. The maximum Gasteiger partial charge on any atom is 0.420 e. The summed E-state index contributed by atoms with van der Waals surface area (Å²) >= 11 is 0. The Kier molecular flexibility index (Phi) is 3.96. The number of rotatable bonds is 1. The Balaban J connectivity index is 3.19. The number of benzene rings is 1. The van der Waals surface area contributed by atoms with E-state index in [4.69, 9.17) is 5.53 Å². The maximum absolute atomic E-state index is 13.1. The zero-order valence-electron chi connectivity index (χ0n) is 8.29. The average molecular weight is 243 g/mol. The van der Waals surface area contributed by atoms with Crippen LogP contribution in [0.3, 0.4) is 0 Å². The van der Waals surface area contributed by atoms with Crippen LogP contribution in [0, 0.1) is 17.7 Å². The molecule has 1 aromatic carbocycles. The molecule has 0 saturated carbocycles. The molecule has 0 amide bonds. The van der Waals surface area contributed by atoms with Gasteiger partial charge in [0.05, 0.1) is 6.54 Å². The Morgan fingerprint density at radius 2 is 2.06 bits per heavy atom. The molecular weight excluding hydrogens is 238 g/mol. The van der Waals surface area contributed by atoms with Crippen molar-refractivity contribution in [2.45, 2.75) is 6.18 Å². The van der Waals surface area contributed by atoms with Crippen LogP contribution in [0.25, 0.3) is 10.4 Å². The van der Waals surface area contributed by atoms with Gasteiger partial charge in [-0.3, -0.25) is 0 Å². The Bertz CT molecular complexity index is 519. The van der Waals surface area contributed by atoms with E-state index in [2.05, 4.69) is 21.9 Å². The van der Waals surface area contributed by atoms with E-state index in [-0.39, 0.29) is 6.54 Å². The molecule has 0 saturated heterocycles. The summed E-state index contributed by atoms with van der Waals surface area (Å²) < 4.78 is 50.5. The number of nitrogens with zero attached hydrogens (tertiary/aromatic N) is 3. The normalized spacial score (nSPS) is 10.1. The summed E-state index contributed by atoms with van der Waals surface area (Å²) in [5.74, 6) is 2.94. The smallest absolute Gasteiger partial charge is 0.206 e. The molecule has 88 valence electrons. The first kappa shape index (κ1) is 12.9. The van der Waals surface area contributed by atoms with Crippen molar-refractivity contribution in [1.82, 2.24) is 0 Å². The Morgan fingerprint density at radius 1 is 1.35 bits per heavy atom. The lowest BCUT2D eigenvalue weighted by Gasteiger charge is -2.09. The number of alkyl halides is 3. The van der Waals surface area contributed by atoms with Crippen molar-refractivity contribution in [2.75, 3.05) is 6.54 Å². The highest BCUT2D eigenvalue weighted by atomic mass is 19.4. The number of hydrogen-bond acceptors (Lipinski definition) is 1. The predicted molar refractivity (Wildman–Crippen MR) is 52.3 cm³/mol. The van der Waals surface area contributed by atoms with Crippen LogP contribution in [0.4, 0.5) is 17.6 Å². The second-order valence-electron chi connectivity index (χ2n) is 2.85. The molecule has 7 heteroatoms. The van der Waals surface area contributed by atoms with Gasteiger partial charge in [-0.2, -0.15) is 13.2 Å². The van der Waals surface area contributed by atoms with Crippen molar-refractivity contribution < 1.29 is 17.6 Å². The molecule has 17 heavy (non-hydrogen) atoms. The Labute approximate surface area is 93.7 Å². The minimum Gasteiger partial charge on any atom is -0.206 e. The van der Waals surface area contributed by atoms with Gasteiger partial charge in [0.2, 0.25) is 0 Å². The summed E-state index contributed by atoms with van der Waals surface area (Å²) in [7, 11) is 0. The monoisotopic (exact) mass is 243 g/mol. The highest BCUT2D eigenvalue weighted by Gasteiger charge is 2.36. The fourth-order valence-corrected chi connectivity index (χ4v) is 1.12. The highest BCUT2D eigenvalue weighted by Crippen LogP contribution is 2.33. The fourth-order valence-electron chi connectivity index (χ4n) is 1.12. The zero-order valence-corrected chi connectivity index (χ0v) is 8.29. The third-order valence-electron chi connectivity index (χ3n) is 1.73. The average Bonchev–Trinajstić information content (AvgIpc) is 2.22. The van der Waals surface area contributed by atoms with Crippen LogP contribution in [0.2, 0.25) is 0 Å². The molecule has 0 atom stereocenters. The van der Waals surface area contributed by atoms with Crippen molar-refractivity contribution in [3.8, 4) is 11.8 Å². The minimum absolute atomic E-state index is 0.274. The van der Waals surface area contributed by atoms with E-state index >= 15 is 0 Å². The van der Waals surface area contributed by atoms with Crippen molar-refractivity contribution in [3.63, 3.8) is 0 Å². The molecule has 1 aromatic rings. The van der Waals surface area contributed by atoms with Crippen LogP contribution < -0.4 is 0 Å². The Morgan fingerprint density at radius 3 is 2.65 bits per heavy atom. The first-order valence-electron chi connectivity index (χ1n) is 4.32. The van der Waals surface area contributed by atoms with E-state index in [0.29, 0.717) is 6.07 Å². The molecule has 3 nitrogen and oxygen atoms in total. The van der Waals surface area contributed by atoms with Gasteiger partial charge in [0, 0.05) is 10.5 Å². The second kappa shape index (κ2) is 5.23. The summed E-state index contributed by atoms with van der Waals surface area (Å²) in [5, 5.41) is 3.03. The van der Waals surface area contributed by atoms with E-state index in [1.54, 1.807) is 0 Å². The van der Waals surface area contributed by atoms with Crippen LogP contribution in [0.5, 0.6) is 0 Å². The topological polar surface area (TPSA) is 48.8 Å². The molecule has 1 rings (SSSR count). The summed E-state index contributed by atoms with van der Waals surface area (Å²) in [5.41, 5.74) is 6.05. The predicted octanol–water partition coefficient (Wildman–Crippen LogP) is 3.51. The fraction of sp³-hybridized carbons (Fsp3) is 0.200. The highest BCUT2D eigenvalue weighted by molar-refractivity contribution is 5.43. The van der Waals surface area contributed by atoms with Gasteiger partial charge in [-0.15, -0.1) is 0 Å². The zero-order chi connectivity index (χ0) is 12.9. The quantitative estimate of drug-likeness (QED) is 0.238. The van der Waals surface area contributed by atoms with Gasteiger partial charge >= 0.3 is 6.18 Å². The van der Waals surface area contributed by atoms with Crippen molar-refractivity contribution in [3.05, 3.63) is 45.6 Å². The molecule has 0 spiro atoms. The van der Waals surface area contributed by atoms with Gasteiger partial charge < -0.3 is 0 Å². The molecule has 0 N–H and O–H groups in total. The summed E-state index contributed by atoms with van der Waals surface area (Å²) in [4.78, 5) is 2.38. The van der Waals surface area contributed by atoms with E-state index in [9.17, 15) is 17.6 Å². The largest absolute Gasteiger partial charge is 0.420 e. The van der Waals surface area contributed by atoms with Crippen molar-refractivity contribution in [1.29, 1.82) is 0 Å². The van der Waals surface area contributed by atoms with Crippen molar-refractivity contribution >= 4 is 0 Å². The number of hydrogen-bond donors (Lipinski definition) is 0. The van der Waals surface area contributed by atoms with Gasteiger partial charge in [-0.05, 0) is 17.7 Å². The maximum atomic E-state index is 13.1. The number of azide groups is 1. The molecule has 0 unspecified atom stereocenters. The third kappa shape index (κ3) is 3.40. The van der Waals surface area contributed by atoms with E-state index < -0.39 is 23.1 Å². The SMILES string of the molecule is [N-]=[N+]=NCC#Cc1cccc(F)c1C(F)(F)F. The molecule has 0 radical (unpaired) electrons. The van der Waals surface area contributed by atoms with Crippen LogP contribution >= 0.6 is 0 Å². The van der Waals surface area contributed by atoms with Crippen molar-refractivity contribution in [2.24, 2.45) is 5.11 Å². The van der Waals surface area contributed by atoms with Crippen LogP contribution in [0.1, 0.15) is 11.1 Å². The Hall–Kier alpha value is -2.19.